The number of alkyl halides is 3. The lowest BCUT2D eigenvalue weighted by molar-refractivity contribution is -0.141. The van der Waals surface area contributed by atoms with Crippen LogP contribution in [0.5, 0.6) is 0 Å². The smallest absolute Gasteiger partial charge is 0.367 e. The molecular weight excluding hydrogens is 319 g/mol. The van der Waals surface area contributed by atoms with Crippen LogP contribution in [0.4, 0.5) is 24.8 Å². The van der Waals surface area contributed by atoms with Gasteiger partial charge in [0.05, 0.1) is 0 Å². The molecule has 0 bridgehead atoms. The molecule has 0 spiro atoms. The Morgan fingerprint density at radius 3 is 2.58 bits per heavy atom. The van der Waals surface area contributed by atoms with Crippen molar-refractivity contribution in [2.75, 3.05) is 23.3 Å². The zero-order valence-corrected chi connectivity index (χ0v) is 13.2. The number of hydrogen-bond acceptors (Lipinski definition) is 5. The third-order valence-electron chi connectivity index (χ3n) is 4.09. The molecule has 0 aromatic carbocycles. The van der Waals surface area contributed by atoms with E-state index in [4.69, 9.17) is 0 Å². The number of nitrogens with zero attached hydrogens (tertiary/aromatic N) is 4. The second-order valence-electron chi connectivity index (χ2n) is 5.84. The van der Waals surface area contributed by atoms with Crippen LogP contribution >= 0.6 is 0 Å². The first-order chi connectivity index (χ1) is 11.4. The Hall–Kier alpha value is -2.38. The lowest BCUT2D eigenvalue weighted by Gasteiger charge is -2.34. The summed E-state index contributed by atoms with van der Waals surface area (Å²) in [5.74, 6) is 1.18. The summed E-state index contributed by atoms with van der Waals surface area (Å²) in [6, 6.07) is 4.96. The molecule has 0 amide bonds. The van der Waals surface area contributed by atoms with Gasteiger partial charge in [0.15, 0.2) is 0 Å². The van der Waals surface area contributed by atoms with Crippen molar-refractivity contribution >= 4 is 11.6 Å². The summed E-state index contributed by atoms with van der Waals surface area (Å²) in [5, 5.41) is 3.08. The van der Waals surface area contributed by atoms with Gasteiger partial charge in [-0.3, -0.25) is 0 Å². The average Bonchev–Trinajstić information content (AvgIpc) is 2.56. The maximum Gasteiger partial charge on any atom is 0.433 e. The van der Waals surface area contributed by atoms with Crippen LogP contribution in [0.15, 0.2) is 30.7 Å². The van der Waals surface area contributed by atoms with E-state index in [1.807, 2.05) is 19.1 Å². The van der Waals surface area contributed by atoms with Gasteiger partial charge in [-0.1, -0.05) is 6.07 Å². The molecule has 0 saturated carbocycles. The summed E-state index contributed by atoms with van der Waals surface area (Å²) in [6.07, 6.45) is -0.133. The van der Waals surface area contributed by atoms with Crippen molar-refractivity contribution in [1.29, 1.82) is 0 Å². The quantitative estimate of drug-likeness (QED) is 0.931. The Kier molecular flexibility index (Phi) is 4.55. The van der Waals surface area contributed by atoms with E-state index < -0.39 is 11.9 Å². The molecule has 2 aromatic heterocycles. The number of aryl methyl sites for hydroxylation is 1. The molecule has 0 atom stereocenters. The van der Waals surface area contributed by atoms with Crippen LogP contribution in [-0.4, -0.2) is 34.1 Å². The van der Waals surface area contributed by atoms with E-state index in [1.165, 1.54) is 0 Å². The van der Waals surface area contributed by atoms with E-state index in [9.17, 15) is 13.2 Å². The van der Waals surface area contributed by atoms with Crippen LogP contribution < -0.4 is 10.2 Å². The predicted molar refractivity (Wildman–Crippen MR) is 84.9 cm³/mol. The molecule has 1 aliphatic rings. The number of halogens is 3. The summed E-state index contributed by atoms with van der Waals surface area (Å²) in [7, 11) is 0. The van der Waals surface area contributed by atoms with Gasteiger partial charge in [-0.05, 0) is 31.4 Å². The number of anilines is 2. The fourth-order valence-electron chi connectivity index (χ4n) is 2.84. The van der Waals surface area contributed by atoms with Crippen molar-refractivity contribution in [1.82, 2.24) is 15.0 Å². The second-order valence-corrected chi connectivity index (χ2v) is 5.84. The van der Waals surface area contributed by atoms with Crippen molar-refractivity contribution in [3.05, 3.63) is 42.0 Å². The lowest BCUT2D eigenvalue weighted by atomic mass is 10.0. The number of piperidine rings is 1. The van der Waals surface area contributed by atoms with Gasteiger partial charge < -0.3 is 10.2 Å². The van der Waals surface area contributed by atoms with Crippen LogP contribution in [0, 0.1) is 6.92 Å². The third-order valence-corrected chi connectivity index (χ3v) is 4.09. The minimum Gasteiger partial charge on any atom is -0.367 e. The molecule has 128 valence electrons. The van der Waals surface area contributed by atoms with E-state index in [0.717, 1.165) is 49.7 Å². The van der Waals surface area contributed by atoms with E-state index in [1.54, 1.807) is 6.20 Å². The highest BCUT2D eigenvalue weighted by molar-refractivity contribution is 5.46. The van der Waals surface area contributed by atoms with Crippen LogP contribution in [-0.2, 0) is 6.18 Å². The number of nitrogens with one attached hydrogen (secondary N) is 1. The molecule has 0 aliphatic carbocycles. The highest BCUT2D eigenvalue weighted by atomic mass is 19.4. The normalized spacial score (nSPS) is 16.2. The Balaban J connectivity index is 1.61. The van der Waals surface area contributed by atoms with Crippen molar-refractivity contribution in [3.63, 3.8) is 0 Å². The topological polar surface area (TPSA) is 53.9 Å². The summed E-state index contributed by atoms with van der Waals surface area (Å²) < 4.78 is 38.1. The molecular formula is C16H18F3N5. The van der Waals surface area contributed by atoms with E-state index in [2.05, 4.69) is 25.2 Å². The van der Waals surface area contributed by atoms with Crippen molar-refractivity contribution in [2.45, 2.75) is 32.0 Å². The second kappa shape index (κ2) is 6.62. The standard InChI is InChI=1S/C16H18F3N5/c1-11-3-2-6-20-15(11)24-7-4-12(5-8-24)23-14-9-13(16(17,18)19)21-10-22-14/h2-3,6,9-10,12H,4-5,7-8H2,1H3,(H,21,22,23). The predicted octanol–water partition coefficient (Wildman–Crippen LogP) is 3.28. The zero-order valence-electron chi connectivity index (χ0n) is 13.2. The number of aromatic nitrogens is 3. The van der Waals surface area contributed by atoms with Gasteiger partial charge in [0.2, 0.25) is 0 Å². The molecule has 5 nitrogen and oxygen atoms in total. The van der Waals surface area contributed by atoms with Gasteiger partial charge in [0.1, 0.15) is 23.7 Å². The molecule has 2 aromatic rings. The molecule has 24 heavy (non-hydrogen) atoms. The van der Waals surface area contributed by atoms with Crippen LogP contribution in [0.25, 0.3) is 0 Å². The first-order valence-corrected chi connectivity index (χ1v) is 7.76. The van der Waals surface area contributed by atoms with Gasteiger partial charge in [-0.15, -0.1) is 0 Å². The molecule has 1 aliphatic heterocycles. The first-order valence-electron chi connectivity index (χ1n) is 7.76. The highest BCUT2D eigenvalue weighted by Crippen LogP contribution is 2.29. The van der Waals surface area contributed by atoms with Crippen LogP contribution in [0.1, 0.15) is 24.1 Å². The summed E-state index contributed by atoms with van der Waals surface area (Å²) in [4.78, 5) is 13.8. The first kappa shape index (κ1) is 16.5. The maximum absolute atomic E-state index is 12.7. The summed E-state index contributed by atoms with van der Waals surface area (Å²) >= 11 is 0. The fraction of sp³-hybridized carbons (Fsp3) is 0.438. The molecule has 0 unspecified atom stereocenters. The molecule has 1 fully saturated rings. The lowest BCUT2D eigenvalue weighted by Crippen LogP contribution is -2.40. The molecule has 1 saturated heterocycles. The third kappa shape index (κ3) is 3.74. The fourth-order valence-corrected chi connectivity index (χ4v) is 2.84. The van der Waals surface area contributed by atoms with Gasteiger partial charge in [-0.25, -0.2) is 15.0 Å². The van der Waals surface area contributed by atoms with Gasteiger partial charge >= 0.3 is 6.18 Å². The highest BCUT2D eigenvalue weighted by Gasteiger charge is 2.33. The number of pyridine rings is 1. The Morgan fingerprint density at radius 2 is 1.92 bits per heavy atom. The van der Waals surface area contributed by atoms with Gasteiger partial charge in [0, 0.05) is 31.4 Å². The average molecular weight is 337 g/mol. The van der Waals surface area contributed by atoms with E-state index in [-0.39, 0.29) is 11.9 Å². The van der Waals surface area contributed by atoms with E-state index in [0.29, 0.717) is 0 Å². The SMILES string of the molecule is Cc1cccnc1N1CCC(Nc2cc(C(F)(F)F)ncn2)CC1. The summed E-state index contributed by atoms with van der Waals surface area (Å²) in [5.41, 5.74) is 0.191. The Bertz CT molecular complexity index is 696. The van der Waals surface area contributed by atoms with Crippen LogP contribution in [0.2, 0.25) is 0 Å². The monoisotopic (exact) mass is 337 g/mol. The van der Waals surface area contributed by atoms with Gasteiger partial charge in [-0.2, -0.15) is 13.2 Å². The Labute approximate surface area is 138 Å². The minimum absolute atomic E-state index is 0.0845. The molecule has 1 N–H and O–H groups in total. The summed E-state index contributed by atoms with van der Waals surface area (Å²) in [6.45, 7) is 3.62. The van der Waals surface area contributed by atoms with Crippen LogP contribution in [0.3, 0.4) is 0 Å². The maximum atomic E-state index is 12.7. The Morgan fingerprint density at radius 1 is 1.17 bits per heavy atom. The molecule has 3 heterocycles. The van der Waals surface area contributed by atoms with Crippen molar-refractivity contribution in [3.8, 4) is 0 Å². The van der Waals surface area contributed by atoms with Gasteiger partial charge in [0.25, 0.3) is 0 Å². The minimum atomic E-state index is -4.46. The van der Waals surface area contributed by atoms with Crippen molar-refractivity contribution < 1.29 is 13.2 Å². The van der Waals surface area contributed by atoms with E-state index >= 15 is 0 Å². The molecule has 3 rings (SSSR count). The number of hydrogen-bond donors (Lipinski definition) is 1. The van der Waals surface area contributed by atoms with Crippen molar-refractivity contribution in [2.24, 2.45) is 0 Å². The largest absolute Gasteiger partial charge is 0.433 e. The number of rotatable bonds is 3. The molecule has 0 radical (unpaired) electrons. The molecule has 8 heteroatoms. The zero-order chi connectivity index (χ0) is 17.2.